The molecule has 1 aromatic heterocycles. The van der Waals surface area contributed by atoms with E-state index in [0.717, 1.165) is 0 Å². The van der Waals surface area contributed by atoms with Crippen LogP contribution in [0.25, 0.3) is 50.1 Å². The minimum Gasteiger partial charge on any atom is -0.354 e. The van der Waals surface area contributed by atoms with Crippen LogP contribution in [0.3, 0.4) is 0 Å². The zero-order valence-corrected chi connectivity index (χ0v) is 19.1. The lowest BCUT2D eigenvalue weighted by molar-refractivity contribution is 0.660. The molecule has 1 aliphatic rings. The second-order valence-electron chi connectivity index (χ2n) is 9.54. The summed E-state index contributed by atoms with van der Waals surface area (Å²) in [5.41, 5.74) is 13.1. The van der Waals surface area contributed by atoms with Crippen molar-refractivity contribution in [3.63, 3.8) is 0 Å². The number of benzene rings is 4. The van der Waals surface area contributed by atoms with Crippen LogP contribution in [-0.2, 0) is 5.41 Å². The predicted molar refractivity (Wildman–Crippen MR) is 138 cm³/mol. The average molecular weight is 414 g/mol. The van der Waals surface area contributed by atoms with Gasteiger partial charge in [-0.15, -0.1) is 0 Å². The molecule has 1 heteroatoms. The number of nitrogens with one attached hydrogen (secondary N) is 1. The number of aromatic nitrogens is 1. The van der Waals surface area contributed by atoms with Crippen LogP contribution >= 0.6 is 0 Å². The van der Waals surface area contributed by atoms with Gasteiger partial charge in [0, 0.05) is 27.3 Å². The molecule has 0 radical (unpaired) electrons. The first-order valence-corrected chi connectivity index (χ1v) is 11.4. The quantitative estimate of drug-likeness (QED) is 0.298. The van der Waals surface area contributed by atoms with Gasteiger partial charge in [0.15, 0.2) is 0 Å². The molecule has 0 atom stereocenters. The third-order valence-electron chi connectivity index (χ3n) is 7.28. The zero-order valence-electron chi connectivity index (χ0n) is 19.1. The van der Waals surface area contributed by atoms with Gasteiger partial charge in [-0.25, -0.2) is 0 Å². The van der Waals surface area contributed by atoms with Crippen LogP contribution in [0.15, 0.2) is 78.9 Å². The van der Waals surface area contributed by atoms with E-state index in [2.05, 4.69) is 118 Å². The van der Waals surface area contributed by atoms with Crippen LogP contribution in [0.2, 0.25) is 0 Å². The number of rotatable bonds is 2. The third-order valence-corrected chi connectivity index (χ3v) is 7.28. The van der Waals surface area contributed by atoms with Crippen molar-refractivity contribution in [2.75, 3.05) is 0 Å². The Hall–Kier alpha value is -3.58. The van der Waals surface area contributed by atoms with Gasteiger partial charge in [-0.05, 0) is 71.0 Å². The van der Waals surface area contributed by atoms with E-state index in [0.29, 0.717) is 0 Å². The molecule has 1 N–H and O–H groups in total. The lowest BCUT2D eigenvalue weighted by Crippen LogP contribution is -2.14. The maximum atomic E-state index is 3.67. The largest absolute Gasteiger partial charge is 0.354 e. The summed E-state index contributed by atoms with van der Waals surface area (Å²) in [5.74, 6) is 0. The van der Waals surface area contributed by atoms with Gasteiger partial charge in [0.2, 0.25) is 0 Å². The number of hydrogen-bond acceptors (Lipinski definition) is 0. The van der Waals surface area contributed by atoms with E-state index < -0.39 is 0 Å². The third kappa shape index (κ3) is 2.58. The smallest absolute Gasteiger partial charge is 0.0541 e. The number of fused-ring (bicyclic) bond motifs is 6. The van der Waals surface area contributed by atoms with Crippen molar-refractivity contribution in [1.29, 1.82) is 0 Å². The molecule has 0 saturated carbocycles. The lowest BCUT2D eigenvalue weighted by Gasteiger charge is -2.22. The summed E-state index contributed by atoms with van der Waals surface area (Å²) in [7, 11) is 0. The topological polar surface area (TPSA) is 15.8 Å². The molecule has 0 saturated heterocycles. The van der Waals surface area contributed by atoms with E-state index >= 15 is 0 Å². The van der Waals surface area contributed by atoms with Crippen LogP contribution in [0.4, 0.5) is 0 Å². The summed E-state index contributed by atoms with van der Waals surface area (Å²) < 4.78 is 0. The summed E-state index contributed by atoms with van der Waals surface area (Å²) in [4.78, 5) is 3.67. The van der Waals surface area contributed by atoms with Gasteiger partial charge < -0.3 is 4.98 Å². The molecule has 156 valence electrons. The molecule has 0 aliphatic heterocycles. The Morgan fingerprint density at radius 2 is 1.50 bits per heavy atom. The molecule has 0 amide bonds. The highest BCUT2D eigenvalue weighted by molar-refractivity contribution is 6.11. The maximum absolute atomic E-state index is 3.67. The van der Waals surface area contributed by atoms with E-state index in [-0.39, 0.29) is 5.41 Å². The monoisotopic (exact) mass is 413 g/mol. The van der Waals surface area contributed by atoms with Gasteiger partial charge in [0.05, 0.1) is 5.52 Å². The molecule has 6 rings (SSSR count). The van der Waals surface area contributed by atoms with Gasteiger partial charge in [-0.2, -0.15) is 0 Å². The predicted octanol–water partition coefficient (Wildman–Crippen LogP) is 8.64. The van der Waals surface area contributed by atoms with Crippen LogP contribution < -0.4 is 0 Å². The molecule has 0 bridgehead atoms. The number of aromatic amines is 1. The van der Waals surface area contributed by atoms with Gasteiger partial charge in [0.1, 0.15) is 0 Å². The van der Waals surface area contributed by atoms with Crippen LogP contribution in [0, 0.1) is 6.92 Å². The minimum atomic E-state index is 0.0196. The molecule has 1 heterocycles. The van der Waals surface area contributed by atoms with Crippen LogP contribution in [-0.4, -0.2) is 4.98 Å². The Labute approximate surface area is 189 Å². The van der Waals surface area contributed by atoms with E-state index in [1.165, 1.54) is 66.3 Å². The fourth-order valence-electron chi connectivity index (χ4n) is 5.54. The van der Waals surface area contributed by atoms with Gasteiger partial charge in [0.25, 0.3) is 0 Å². The highest BCUT2D eigenvalue weighted by Gasteiger charge is 2.35. The van der Waals surface area contributed by atoms with Crippen molar-refractivity contribution in [1.82, 2.24) is 4.98 Å². The Morgan fingerprint density at radius 3 is 2.34 bits per heavy atom. The molecule has 32 heavy (non-hydrogen) atoms. The fourth-order valence-corrected chi connectivity index (χ4v) is 5.54. The molecule has 0 spiro atoms. The summed E-state index contributed by atoms with van der Waals surface area (Å²) >= 11 is 0. The molecule has 4 aromatic carbocycles. The summed E-state index contributed by atoms with van der Waals surface area (Å²) in [6, 6.07) is 27.1. The van der Waals surface area contributed by atoms with Crippen molar-refractivity contribution in [3.05, 3.63) is 101 Å². The highest BCUT2D eigenvalue weighted by Crippen LogP contribution is 2.49. The molecular formula is C31H27N. The average Bonchev–Trinajstić information content (AvgIpc) is 3.28. The van der Waals surface area contributed by atoms with E-state index in [1.807, 2.05) is 0 Å². The van der Waals surface area contributed by atoms with E-state index in [9.17, 15) is 0 Å². The summed E-state index contributed by atoms with van der Waals surface area (Å²) in [5, 5.41) is 2.57. The normalized spacial score (nSPS) is 14.4. The van der Waals surface area contributed by atoms with Crippen molar-refractivity contribution >= 4 is 27.9 Å². The minimum absolute atomic E-state index is 0.0196. The summed E-state index contributed by atoms with van der Waals surface area (Å²) in [6.07, 6.45) is 4.32. The Morgan fingerprint density at radius 1 is 0.750 bits per heavy atom. The highest BCUT2D eigenvalue weighted by atomic mass is 14.7. The molecule has 0 unspecified atom stereocenters. The first-order valence-electron chi connectivity index (χ1n) is 11.4. The van der Waals surface area contributed by atoms with E-state index in [4.69, 9.17) is 0 Å². The van der Waals surface area contributed by atoms with E-state index in [1.54, 1.807) is 0 Å². The second kappa shape index (κ2) is 6.71. The standard InChI is InChI=1S/C31H27N/c1-5-8-22-19(2)11-14-25-26-17-20(13-16-29(26)32-30(22)25)21-12-15-24-23-9-6-7-10-27(23)31(3,4)28(24)18-21/h5-18,32H,1-4H3/b8-5-. The lowest BCUT2D eigenvalue weighted by atomic mass is 9.81. The molecule has 0 fully saturated rings. The maximum Gasteiger partial charge on any atom is 0.0541 e. The number of aryl methyl sites for hydroxylation is 1. The Balaban J connectivity index is 1.53. The first kappa shape index (κ1) is 19.1. The fraction of sp³-hybridized carbons (Fsp3) is 0.161. The number of hydrogen-bond donors (Lipinski definition) is 1. The van der Waals surface area contributed by atoms with Crippen LogP contribution in [0.1, 0.15) is 43.0 Å². The van der Waals surface area contributed by atoms with Crippen molar-refractivity contribution in [3.8, 4) is 22.3 Å². The number of allylic oxidation sites excluding steroid dienone is 1. The van der Waals surface area contributed by atoms with Crippen molar-refractivity contribution < 1.29 is 0 Å². The zero-order chi connectivity index (χ0) is 22.0. The van der Waals surface area contributed by atoms with Gasteiger partial charge >= 0.3 is 0 Å². The molecular weight excluding hydrogens is 386 g/mol. The first-order chi connectivity index (χ1) is 15.5. The Bertz CT molecular complexity index is 1560. The second-order valence-corrected chi connectivity index (χ2v) is 9.54. The SMILES string of the molecule is C/C=C\c1c(C)ccc2c1[nH]c1ccc(-c3ccc4c(c3)C(C)(C)c3ccccc3-4)cc12. The number of H-pyrrole nitrogens is 1. The molecule has 1 nitrogen and oxygen atoms in total. The van der Waals surface area contributed by atoms with Crippen molar-refractivity contribution in [2.24, 2.45) is 0 Å². The molecule has 5 aromatic rings. The van der Waals surface area contributed by atoms with Gasteiger partial charge in [-0.3, -0.25) is 0 Å². The van der Waals surface area contributed by atoms with Crippen LogP contribution in [0.5, 0.6) is 0 Å². The Kier molecular flexibility index (Phi) is 4.01. The summed E-state index contributed by atoms with van der Waals surface area (Å²) in [6.45, 7) is 8.94. The molecule has 1 aliphatic carbocycles. The van der Waals surface area contributed by atoms with Crippen molar-refractivity contribution in [2.45, 2.75) is 33.1 Å². The van der Waals surface area contributed by atoms with Gasteiger partial charge in [-0.1, -0.05) is 80.6 Å².